The summed E-state index contributed by atoms with van der Waals surface area (Å²) in [5, 5.41) is 4.73. The second-order valence-electron chi connectivity index (χ2n) is 4.63. The number of benzene rings is 1. The zero-order valence-corrected chi connectivity index (χ0v) is 10.3. The molecule has 0 bridgehead atoms. The van der Waals surface area contributed by atoms with Crippen LogP contribution in [-0.4, -0.2) is 13.7 Å². The van der Waals surface area contributed by atoms with Crippen molar-refractivity contribution in [2.75, 3.05) is 0 Å². The number of hydrogen-bond donors (Lipinski definition) is 1. The zero-order valence-electron chi connectivity index (χ0n) is 9.47. The van der Waals surface area contributed by atoms with Crippen molar-refractivity contribution in [1.82, 2.24) is 0 Å². The van der Waals surface area contributed by atoms with E-state index in [-0.39, 0.29) is 11.7 Å². The van der Waals surface area contributed by atoms with Crippen molar-refractivity contribution in [1.29, 1.82) is 0 Å². The van der Waals surface area contributed by atoms with Crippen molar-refractivity contribution in [2.24, 2.45) is 5.14 Å². The molecule has 1 aliphatic carbocycles. The van der Waals surface area contributed by atoms with Gasteiger partial charge in [0.2, 0.25) is 10.0 Å². The summed E-state index contributed by atoms with van der Waals surface area (Å²) >= 11 is 0. The molecule has 0 aromatic heterocycles. The summed E-state index contributed by atoms with van der Waals surface area (Å²) in [5.41, 5.74) is 1.000. The Bertz CT molecular complexity index is 484. The molecule has 2 atom stereocenters. The molecule has 94 valence electrons. The fourth-order valence-corrected chi connectivity index (χ4v) is 3.48. The third-order valence-electron chi connectivity index (χ3n) is 3.43. The Morgan fingerprint density at radius 1 is 1.18 bits per heavy atom. The van der Waals surface area contributed by atoms with E-state index >= 15 is 0 Å². The van der Waals surface area contributed by atoms with Gasteiger partial charge in [-0.2, -0.15) is 0 Å². The van der Waals surface area contributed by atoms with Crippen LogP contribution in [0.4, 0.5) is 4.39 Å². The van der Waals surface area contributed by atoms with Crippen LogP contribution in [0.1, 0.15) is 37.2 Å². The average Bonchev–Trinajstić information content (AvgIpc) is 2.29. The summed E-state index contributed by atoms with van der Waals surface area (Å²) in [4.78, 5) is 0. The van der Waals surface area contributed by atoms with E-state index < -0.39 is 15.3 Å². The molecule has 5 heteroatoms. The molecule has 0 amide bonds. The Kier molecular flexibility index (Phi) is 3.49. The SMILES string of the molecule is NS(=O)(=O)[C@H]1CCC[C@H](c2ccc(F)cc2)C1. The highest BCUT2D eigenvalue weighted by atomic mass is 32.2. The first kappa shape index (κ1) is 12.5. The van der Waals surface area contributed by atoms with Crippen molar-refractivity contribution >= 4 is 10.0 Å². The Balaban J connectivity index is 2.15. The van der Waals surface area contributed by atoms with Gasteiger partial charge in [0.05, 0.1) is 5.25 Å². The van der Waals surface area contributed by atoms with Crippen LogP contribution in [0.25, 0.3) is 0 Å². The minimum Gasteiger partial charge on any atom is -0.228 e. The van der Waals surface area contributed by atoms with E-state index in [2.05, 4.69) is 0 Å². The molecule has 2 rings (SSSR count). The first-order chi connectivity index (χ1) is 7.97. The van der Waals surface area contributed by atoms with Gasteiger partial charge in [-0.25, -0.2) is 17.9 Å². The summed E-state index contributed by atoms with van der Waals surface area (Å²) in [6, 6.07) is 6.28. The van der Waals surface area contributed by atoms with Gasteiger partial charge in [-0.1, -0.05) is 18.6 Å². The Labute approximate surface area is 101 Å². The van der Waals surface area contributed by atoms with Gasteiger partial charge in [-0.3, -0.25) is 0 Å². The first-order valence-electron chi connectivity index (χ1n) is 5.74. The fraction of sp³-hybridized carbons (Fsp3) is 0.500. The molecule has 0 heterocycles. The van der Waals surface area contributed by atoms with Gasteiger partial charge >= 0.3 is 0 Å². The van der Waals surface area contributed by atoms with E-state index in [1.165, 1.54) is 12.1 Å². The molecular weight excluding hydrogens is 241 g/mol. The summed E-state index contributed by atoms with van der Waals surface area (Å²) in [5.74, 6) is -0.0970. The average molecular weight is 257 g/mol. The number of nitrogens with two attached hydrogens (primary N) is 1. The minimum atomic E-state index is -3.45. The van der Waals surface area contributed by atoms with E-state index in [1.54, 1.807) is 12.1 Å². The van der Waals surface area contributed by atoms with Crippen LogP contribution in [0.3, 0.4) is 0 Å². The van der Waals surface area contributed by atoms with Crippen LogP contribution >= 0.6 is 0 Å². The largest absolute Gasteiger partial charge is 0.228 e. The van der Waals surface area contributed by atoms with Crippen molar-refractivity contribution in [3.63, 3.8) is 0 Å². The number of sulfonamides is 1. The Morgan fingerprint density at radius 2 is 1.82 bits per heavy atom. The van der Waals surface area contributed by atoms with E-state index in [4.69, 9.17) is 5.14 Å². The van der Waals surface area contributed by atoms with Gasteiger partial charge in [-0.15, -0.1) is 0 Å². The smallest absolute Gasteiger partial charge is 0.211 e. The molecule has 0 aliphatic heterocycles. The van der Waals surface area contributed by atoms with E-state index in [1.807, 2.05) is 0 Å². The van der Waals surface area contributed by atoms with Crippen molar-refractivity contribution in [3.05, 3.63) is 35.6 Å². The quantitative estimate of drug-likeness (QED) is 0.882. The fourth-order valence-electron chi connectivity index (χ4n) is 2.48. The van der Waals surface area contributed by atoms with Gasteiger partial charge in [-0.05, 0) is 42.9 Å². The lowest BCUT2D eigenvalue weighted by Crippen LogP contribution is -2.32. The van der Waals surface area contributed by atoms with Crippen LogP contribution in [0.2, 0.25) is 0 Å². The van der Waals surface area contributed by atoms with Crippen LogP contribution < -0.4 is 5.14 Å². The molecule has 1 aromatic carbocycles. The number of primary sulfonamides is 1. The van der Waals surface area contributed by atoms with Gasteiger partial charge < -0.3 is 0 Å². The molecule has 1 saturated carbocycles. The number of hydrogen-bond acceptors (Lipinski definition) is 2. The molecule has 0 unspecified atom stereocenters. The molecule has 0 saturated heterocycles. The molecular formula is C12H16FNO2S. The van der Waals surface area contributed by atoms with Crippen LogP contribution in [-0.2, 0) is 10.0 Å². The first-order valence-corrected chi connectivity index (χ1v) is 7.35. The second-order valence-corrected chi connectivity index (χ2v) is 6.47. The standard InChI is InChI=1S/C12H16FNO2S/c13-11-6-4-9(5-7-11)10-2-1-3-12(8-10)17(14,15)16/h4-7,10,12H,1-3,8H2,(H2,14,15,16)/t10-,12-/m0/s1. The van der Waals surface area contributed by atoms with Crippen molar-refractivity contribution < 1.29 is 12.8 Å². The van der Waals surface area contributed by atoms with E-state index in [0.29, 0.717) is 12.8 Å². The maximum Gasteiger partial charge on any atom is 0.211 e. The van der Waals surface area contributed by atoms with Crippen LogP contribution in [0, 0.1) is 5.82 Å². The highest BCUT2D eigenvalue weighted by Crippen LogP contribution is 2.35. The summed E-state index contributed by atoms with van der Waals surface area (Å²) in [6.45, 7) is 0. The minimum absolute atomic E-state index is 0.174. The molecule has 0 spiro atoms. The molecule has 3 nitrogen and oxygen atoms in total. The predicted octanol–water partition coefficient (Wildman–Crippen LogP) is 2.14. The summed E-state index contributed by atoms with van der Waals surface area (Å²) < 4.78 is 35.5. The zero-order chi connectivity index (χ0) is 12.5. The third-order valence-corrected chi connectivity index (χ3v) is 4.79. The lowest BCUT2D eigenvalue weighted by Gasteiger charge is -2.27. The molecule has 1 aliphatic rings. The monoisotopic (exact) mass is 257 g/mol. The Morgan fingerprint density at radius 3 is 2.41 bits per heavy atom. The molecule has 1 fully saturated rings. The van der Waals surface area contributed by atoms with Gasteiger partial charge in [0, 0.05) is 0 Å². The molecule has 0 radical (unpaired) electrons. The van der Waals surface area contributed by atoms with E-state index in [0.717, 1.165) is 18.4 Å². The second kappa shape index (κ2) is 4.74. The third kappa shape index (κ3) is 3.04. The Hall–Kier alpha value is -0.940. The summed E-state index contributed by atoms with van der Waals surface area (Å²) in [7, 11) is -3.45. The van der Waals surface area contributed by atoms with Gasteiger partial charge in [0.1, 0.15) is 5.82 Å². The lowest BCUT2D eigenvalue weighted by atomic mass is 9.84. The lowest BCUT2D eigenvalue weighted by molar-refractivity contribution is 0.434. The predicted molar refractivity (Wildman–Crippen MR) is 64.5 cm³/mol. The number of rotatable bonds is 2. The highest BCUT2D eigenvalue weighted by molar-refractivity contribution is 7.89. The van der Waals surface area contributed by atoms with Gasteiger partial charge in [0.15, 0.2) is 0 Å². The normalized spacial score (nSPS) is 25.8. The van der Waals surface area contributed by atoms with E-state index in [9.17, 15) is 12.8 Å². The number of halogens is 1. The maximum absolute atomic E-state index is 12.8. The summed E-state index contributed by atoms with van der Waals surface area (Å²) in [6.07, 6.45) is 2.97. The van der Waals surface area contributed by atoms with Crippen LogP contribution in [0.15, 0.2) is 24.3 Å². The van der Waals surface area contributed by atoms with Gasteiger partial charge in [0.25, 0.3) is 0 Å². The van der Waals surface area contributed by atoms with Crippen molar-refractivity contribution in [3.8, 4) is 0 Å². The highest BCUT2D eigenvalue weighted by Gasteiger charge is 2.29. The molecule has 2 N–H and O–H groups in total. The van der Waals surface area contributed by atoms with Crippen molar-refractivity contribution in [2.45, 2.75) is 36.9 Å². The molecule has 17 heavy (non-hydrogen) atoms. The van der Waals surface area contributed by atoms with Crippen LogP contribution in [0.5, 0.6) is 0 Å². The topological polar surface area (TPSA) is 60.2 Å². The maximum atomic E-state index is 12.8. The molecule has 1 aromatic rings.